The molecule has 0 saturated carbocycles. The lowest BCUT2D eigenvalue weighted by atomic mass is 10.4. The van der Waals surface area contributed by atoms with E-state index in [4.69, 9.17) is 0 Å². The van der Waals surface area contributed by atoms with Gasteiger partial charge in [-0.15, -0.1) is 11.3 Å². The van der Waals surface area contributed by atoms with E-state index >= 15 is 0 Å². The average Bonchev–Trinajstić information content (AvgIpc) is 3.00. The van der Waals surface area contributed by atoms with Gasteiger partial charge in [0.2, 0.25) is 0 Å². The SMILES string of the molecule is CCCn1c(=O)[nH]c(=O)c2[nH]c(-c3csc(C)n3)nc21. The highest BCUT2D eigenvalue weighted by molar-refractivity contribution is 7.09. The number of H-pyrrole nitrogens is 2. The predicted octanol–water partition coefficient (Wildman–Crippen LogP) is 1.25. The van der Waals surface area contributed by atoms with E-state index < -0.39 is 11.2 Å². The largest absolute Gasteiger partial charge is 0.331 e. The Labute approximate surface area is 117 Å². The number of aromatic nitrogens is 5. The average molecular weight is 291 g/mol. The molecule has 0 saturated heterocycles. The van der Waals surface area contributed by atoms with Crippen molar-refractivity contribution in [1.82, 2.24) is 24.5 Å². The Hall–Kier alpha value is -2.22. The number of rotatable bonds is 3. The van der Waals surface area contributed by atoms with Crippen LogP contribution in [0.25, 0.3) is 22.7 Å². The van der Waals surface area contributed by atoms with Crippen molar-refractivity contribution in [3.63, 3.8) is 0 Å². The van der Waals surface area contributed by atoms with Gasteiger partial charge in [-0.25, -0.2) is 14.8 Å². The molecule has 104 valence electrons. The predicted molar refractivity (Wildman–Crippen MR) is 77.1 cm³/mol. The Morgan fingerprint density at radius 1 is 1.30 bits per heavy atom. The van der Waals surface area contributed by atoms with Crippen molar-refractivity contribution in [2.45, 2.75) is 26.8 Å². The topological polar surface area (TPSA) is 96.4 Å². The third kappa shape index (κ3) is 1.97. The minimum Gasteiger partial charge on any atom is -0.331 e. The fourth-order valence-electron chi connectivity index (χ4n) is 2.07. The molecule has 0 aromatic carbocycles. The zero-order valence-electron chi connectivity index (χ0n) is 11.1. The van der Waals surface area contributed by atoms with Crippen LogP contribution in [0.5, 0.6) is 0 Å². The maximum Gasteiger partial charge on any atom is 0.330 e. The lowest BCUT2D eigenvalue weighted by Crippen LogP contribution is -2.30. The van der Waals surface area contributed by atoms with Crippen LogP contribution in [0.3, 0.4) is 0 Å². The van der Waals surface area contributed by atoms with Crippen LogP contribution in [-0.2, 0) is 6.54 Å². The van der Waals surface area contributed by atoms with Crippen LogP contribution in [0.1, 0.15) is 18.4 Å². The zero-order valence-corrected chi connectivity index (χ0v) is 11.9. The van der Waals surface area contributed by atoms with E-state index in [2.05, 4.69) is 19.9 Å². The van der Waals surface area contributed by atoms with Crippen molar-refractivity contribution in [2.24, 2.45) is 0 Å². The maximum atomic E-state index is 11.8. The van der Waals surface area contributed by atoms with Crippen molar-refractivity contribution in [1.29, 1.82) is 0 Å². The Morgan fingerprint density at radius 2 is 2.10 bits per heavy atom. The minimum atomic E-state index is -0.456. The summed E-state index contributed by atoms with van der Waals surface area (Å²) in [6.07, 6.45) is 0.777. The Kier molecular flexibility index (Phi) is 3.01. The first kappa shape index (κ1) is 12.8. The summed E-state index contributed by atoms with van der Waals surface area (Å²) < 4.78 is 1.47. The minimum absolute atomic E-state index is 0.304. The fourth-order valence-corrected chi connectivity index (χ4v) is 2.66. The van der Waals surface area contributed by atoms with Crippen molar-refractivity contribution in [3.05, 3.63) is 31.2 Å². The van der Waals surface area contributed by atoms with Crippen LogP contribution < -0.4 is 11.2 Å². The number of hydrogen-bond donors (Lipinski definition) is 2. The van der Waals surface area contributed by atoms with Crippen LogP contribution in [0.4, 0.5) is 0 Å². The number of hydrogen-bond acceptors (Lipinski definition) is 5. The molecule has 3 heterocycles. The van der Waals surface area contributed by atoms with Gasteiger partial charge < -0.3 is 4.98 Å². The third-order valence-corrected chi connectivity index (χ3v) is 3.72. The highest BCUT2D eigenvalue weighted by Gasteiger charge is 2.14. The molecule has 0 radical (unpaired) electrons. The maximum absolute atomic E-state index is 11.8. The summed E-state index contributed by atoms with van der Waals surface area (Å²) in [5.74, 6) is 0.505. The van der Waals surface area contributed by atoms with Crippen LogP contribution >= 0.6 is 11.3 Å². The van der Waals surface area contributed by atoms with Gasteiger partial charge in [-0.1, -0.05) is 6.92 Å². The second kappa shape index (κ2) is 4.71. The lowest BCUT2D eigenvalue weighted by Gasteiger charge is -2.02. The molecule has 8 heteroatoms. The molecule has 7 nitrogen and oxygen atoms in total. The van der Waals surface area contributed by atoms with Gasteiger partial charge in [0.25, 0.3) is 5.56 Å². The van der Waals surface area contributed by atoms with E-state index in [0.717, 1.165) is 11.4 Å². The van der Waals surface area contributed by atoms with Gasteiger partial charge in [0.1, 0.15) is 11.2 Å². The fraction of sp³-hybridized carbons (Fsp3) is 0.333. The molecule has 3 rings (SSSR count). The Morgan fingerprint density at radius 3 is 2.75 bits per heavy atom. The van der Waals surface area contributed by atoms with E-state index in [0.29, 0.717) is 29.2 Å². The van der Waals surface area contributed by atoms with Gasteiger partial charge in [-0.05, 0) is 13.3 Å². The lowest BCUT2D eigenvalue weighted by molar-refractivity contribution is 0.653. The number of aromatic amines is 2. The molecule has 3 aromatic rings. The van der Waals surface area contributed by atoms with Gasteiger partial charge in [0.05, 0.1) is 5.01 Å². The smallest absolute Gasteiger partial charge is 0.330 e. The van der Waals surface area contributed by atoms with Gasteiger partial charge in [0, 0.05) is 11.9 Å². The van der Waals surface area contributed by atoms with E-state index in [1.165, 1.54) is 15.9 Å². The monoisotopic (exact) mass is 291 g/mol. The van der Waals surface area contributed by atoms with Crippen LogP contribution in [-0.4, -0.2) is 24.5 Å². The number of nitrogens with zero attached hydrogens (tertiary/aromatic N) is 3. The molecule has 0 atom stereocenters. The first-order valence-corrected chi connectivity index (χ1v) is 7.13. The van der Waals surface area contributed by atoms with Crippen LogP contribution in [0.15, 0.2) is 15.0 Å². The Balaban J connectivity index is 2.29. The Bertz CT molecular complexity index is 885. The summed E-state index contributed by atoms with van der Waals surface area (Å²) in [4.78, 5) is 37.6. The molecule has 0 aliphatic rings. The molecule has 0 fully saturated rings. The van der Waals surface area contributed by atoms with E-state index in [9.17, 15) is 9.59 Å². The van der Waals surface area contributed by atoms with Crippen molar-refractivity contribution >= 4 is 22.5 Å². The normalized spacial score (nSPS) is 11.3. The second-order valence-corrected chi connectivity index (χ2v) is 5.51. The molecule has 0 spiro atoms. The van der Waals surface area contributed by atoms with Gasteiger partial charge in [0.15, 0.2) is 11.5 Å². The summed E-state index contributed by atoms with van der Waals surface area (Å²) in [6, 6.07) is 0. The van der Waals surface area contributed by atoms with E-state index in [1.807, 2.05) is 19.2 Å². The molecule has 2 N–H and O–H groups in total. The summed E-state index contributed by atoms with van der Waals surface area (Å²) in [5, 5.41) is 2.78. The zero-order chi connectivity index (χ0) is 14.3. The number of aryl methyl sites for hydroxylation is 2. The number of imidazole rings is 1. The standard InChI is InChI=1S/C12H13N5O2S/c1-3-4-17-10-8(11(18)16-12(17)19)14-9(15-10)7-5-20-6(2)13-7/h5H,3-4H2,1-2H3,(H,14,15)(H,16,18,19). The first-order valence-electron chi connectivity index (χ1n) is 6.25. The van der Waals surface area contributed by atoms with Gasteiger partial charge >= 0.3 is 5.69 Å². The van der Waals surface area contributed by atoms with Gasteiger partial charge in [-0.2, -0.15) is 0 Å². The second-order valence-electron chi connectivity index (χ2n) is 4.45. The van der Waals surface area contributed by atoms with E-state index in [-0.39, 0.29) is 0 Å². The summed E-state index contributed by atoms with van der Waals surface area (Å²) >= 11 is 1.51. The molecule has 0 aliphatic heterocycles. The van der Waals surface area contributed by atoms with Crippen LogP contribution in [0.2, 0.25) is 0 Å². The van der Waals surface area contributed by atoms with Crippen molar-refractivity contribution in [2.75, 3.05) is 0 Å². The number of thiazole rings is 1. The molecule has 0 unspecified atom stereocenters. The van der Waals surface area contributed by atoms with Gasteiger partial charge in [-0.3, -0.25) is 14.3 Å². The van der Waals surface area contributed by atoms with Crippen LogP contribution in [0, 0.1) is 6.92 Å². The highest BCUT2D eigenvalue weighted by atomic mass is 32.1. The van der Waals surface area contributed by atoms with Crippen molar-refractivity contribution < 1.29 is 0 Å². The molecule has 0 bridgehead atoms. The summed E-state index contributed by atoms with van der Waals surface area (Å²) in [6.45, 7) is 4.36. The molecule has 20 heavy (non-hydrogen) atoms. The quantitative estimate of drug-likeness (QED) is 0.759. The molecule has 0 amide bonds. The molecular formula is C12H13N5O2S. The molecular weight excluding hydrogens is 278 g/mol. The van der Waals surface area contributed by atoms with Crippen molar-refractivity contribution in [3.8, 4) is 11.5 Å². The third-order valence-electron chi connectivity index (χ3n) is 2.94. The summed E-state index contributed by atoms with van der Waals surface area (Å²) in [5.41, 5.74) is 0.471. The number of nitrogens with one attached hydrogen (secondary N) is 2. The van der Waals surface area contributed by atoms with E-state index in [1.54, 1.807) is 0 Å². The molecule has 3 aromatic heterocycles. The highest BCUT2D eigenvalue weighted by Crippen LogP contribution is 2.20. The number of fused-ring (bicyclic) bond motifs is 1. The summed E-state index contributed by atoms with van der Waals surface area (Å²) in [7, 11) is 0. The first-order chi connectivity index (χ1) is 9.60. The molecule has 0 aliphatic carbocycles.